The van der Waals surface area contributed by atoms with E-state index in [1.807, 2.05) is 0 Å². The fraction of sp³-hybridized carbons (Fsp3) is 0.278. The zero-order chi connectivity index (χ0) is 18.0. The van der Waals surface area contributed by atoms with E-state index in [9.17, 15) is 13.2 Å². The summed E-state index contributed by atoms with van der Waals surface area (Å²) in [4.78, 5) is 14.7. The van der Waals surface area contributed by atoms with Crippen molar-refractivity contribution in [1.82, 2.24) is 4.90 Å². The van der Waals surface area contributed by atoms with Gasteiger partial charge in [0.1, 0.15) is 0 Å². The van der Waals surface area contributed by atoms with Gasteiger partial charge in [0.2, 0.25) is 0 Å². The molecule has 0 N–H and O–H groups in total. The van der Waals surface area contributed by atoms with Crippen molar-refractivity contribution in [3.05, 3.63) is 63.6 Å². The lowest BCUT2D eigenvalue weighted by molar-refractivity contribution is 0.0726. The van der Waals surface area contributed by atoms with E-state index in [1.54, 1.807) is 53.4 Å². The van der Waals surface area contributed by atoms with E-state index in [0.717, 1.165) is 4.47 Å². The van der Waals surface area contributed by atoms with Gasteiger partial charge in [-0.3, -0.25) is 4.79 Å². The number of piperidine rings is 1. The van der Waals surface area contributed by atoms with Crippen molar-refractivity contribution in [2.45, 2.75) is 23.0 Å². The highest BCUT2D eigenvalue weighted by Gasteiger charge is 2.33. The molecule has 0 atom stereocenters. The summed E-state index contributed by atoms with van der Waals surface area (Å²) in [7, 11) is -3.36. The topological polar surface area (TPSA) is 54.5 Å². The number of rotatable bonds is 3. The van der Waals surface area contributed by atoms with Gasteiger partial charge in [0.05, 0.1) is 20.7 Å². The molecule has 3 rings (SSSR count). The number of amides is 1. The van der Waals surface area contributed by atoms with E-state index in [0.29, 0.717) is 41.4 Å². The summed E-state index contributed by atoms with van der Waals surface area (Å²) in [6, 6.07) is 13.6. The van der Waals surface area contributed by atoms with E-state index in [4.69, 9.17) is 11.6 Å². The number of carbonyl (C=O) groups excluding carboxylic acids is 1. The Morgan fingerprint density at radius 1 is 1.08 bits per heavy atom. The fourth-order valence-electron chi connectivity index (χ4n) is 3.00. The zero-order valence-electron chi connectivity index (χ0n) is 13.4. The number of hydrogen-bond acceptors (Lipinski definition) is 3. The molecular formula is C18H17BrClNO3S. The van der Waals surface area contributed by atoms with Gasteiger partial charge in [0, 0.05) is 17.6 Å². The van der Waals surface area contributed by atoms with Gasteiger partial charge in [0.25, 0.3) is 5.91 Å². The molecule has 0 aliphatic carbocycles. The highest BCUT2D eigenvalue weighted by Crippen LogP contribution is 2.27. The molecule has 7 heteroatoms. The number of hydrogen-bond donors (Lipinski definition) is 0. The number of sulfone groups is 1. The minimum atomic E-state index is -3.36. The summed E-state index contributed by atoms with van der Waals surface area (Å²) in [6.45, 7) is 0.802. The first kappa shape index (κ1) is 18.4. The lowest BCUT2D eigenvalue weighted by atomic mass is 10.1. The summed E-state index contributed by atoms with van der Waals surface area (Å²) in [5.41, 5.74) is 0.431. The van der Waals surface area contributed by atoms with Crippen LogP contribution in [-0.4, -0.2) is 37.6 Å². The lowest BCUT2D eigenvalue weighted by Gasteiger charge is -2.32. The van der Waals surface area contributed by atoms with Crippen LogP contribution in [-0.2, 0) is 9.84 Å². The predicted octanol–water partition coefficient (Wildman–Crippen LogP) is 4.18. The van der Waals surface area contributed by atoms with Crippen LogP contribution in [0.15, 0.2) is 57.9 Å². The average Bonchev–Trinajstić information content (AvgIpc) is 2.64. The van der Waals surface area contributed by atoms with Gasteiger partial charge in [-0.25, -0.2) is 8.42 Å². The smallest absolute Gasteiger partial charge is 0.255 e. The molecule has 25 heavy (non-hydrogen) atoms. The average molecular weight is 443 g/mol. The molecule has 1 heterocycles. The minimum absolute atomic E-state index is 0.165. The van der Waals surface area contributed by atoms with Crippen LogP contribution in [0.5, 0.6) is 0 Å². The Kier molecular flexibility index (Phi) is 5.51. The highest BCUT2D eigenvalue weighted by atomic mass is 79.9. The summed E-state index contributed by atoms with van der Waals surface area (Å²) in [5, 5.41) is -0.0656. The third kappa shape index (κ3) is 3.91. The molecule has 4 nitrogen and oxygen atoms in total. The van der Waals surface area contributed by atoms with E-state index in [1.165, 1.54) is 0 Å². The molecule has 1 amide bonds. The first-order valence-electron chi connectivity index (χ1n) is 7.93. The first-order valence-corrected chi connectivity index (χ1v) is 10.6. The summed E-state index contributed by atoms with van der Waals surface area (Å²) >= 11 is 9.47. The van der Waals surface area contributed by atoms with E-state index in [2.05, 4.69) is 15.9 Å². The van der Waals surface area contributed by atoms with Crippen molar-refractivity contribution in [2.24, 2.45) is 0 Å². The van der Waals surface area contributed by atoms with Crippen molar-refractivity contribution in [3.63, 3.8) is 0 Å². The fourth-order valence-corrected chi connectivity index (χ4v) is 5.32. The Bertz CT molecular complexity index is 878. The van der Waals surface area contributed by atoms with Gasteiger partial charge in [-0.05, 0) is 43.2 Å². The summed E-state index contributed by atoms with van der Waals surface area (Å²) < 4.78 is 26.2. The Morgan fingerprint density at radius 3 is 2.36 bits per heavy atom. The highest BCUT2D eigenvalue weighted by molar-refractivity contribution is 9.10. The van der Waals surface area contributed by atoms with Gasteiger partial charge < -0.3 is 4.90 Å². The Labute approximate surface area is 160 Å². The van der Waals surface area contributed by atoms with E-state index >= 15 is 0 Å². The van der Waals surface area contributed by atoms with Crippen LogP contribution in [0.1, 0.15) is 23.2 Å². The van der Waals surface area contributed by atoms with Crippen molar-refractivity contribution in [2.75, 3.05) is 13.1 Å². The Morgan fingerprint density at radius 2 is 1.72 bits per heavy atom. The normalized spacial score (nSPS) is 16.0. The molecule has 1 saturated heterocycles. The van der Waals surface area contributed by atoms with Crippen molar-refractivity contribution in [1.29, 1.82) is 0 Å². The van der Waals surface area contributed by atoms with Crippen LogP contribution < -0.4 is 0 Å². The van der Waals surface area contributed by atoms with Crippen LogP contribution in [0, 0.1) is 0 Å². The predicted molar refractivity (Wildman–Crippen MR) is 102 cm³/mol. The maximum absolute atomic E-state index is 12.7. The number of carbonyl (C=O) groups is 1. The van der Waals surface area contributed by atoms with Gasteiger partial charge in [0.15, 0.2) is 9.84 Å². The van der Waals surface area contributed by atoms with Crippen LogP contribution in [0.3, 0.4) is 0 Å². The zero-order valence-corrected chi connectivity index (χ0v) is 16.5. The quantitative estimate of drug-likeness (QED) is 0.716. The molecular weight excluding hydrogens is 426 g/mol. The molecule has 1 fully saturated rings. The SMILES string of the molecule is O=C(c1cc(Br)ccc1Cl)N1CCC(S(=O)(=O)c2ccccc2)CC1. The van der Waals surface area contributed by atoms with Crippen molar-refractivity contribution >= 4 is 43.3 Å². The van der Waals surface area contributed by atoms with E-state index < -0.39 is 15.1 Å². The third-order valence-corrected chi connectivity index (χ3v) is 7.50. The summed E-state index contributed by atoms with van der Waals surface area (Å²) in [6.07, 6.45) is 0.850. The molecule has 1 aliphatic heterocycles. The second-order valence-electron chi connectivity index (χ2n) is 5.97. The van der Waals surface area contributed by atoms with Crippen LogP contribution in [0.25, 0.3) is 0 Å². The largest absolute Gasteiger partial charge is 0.339 e. The third-order valence-electron chi connectivity index (χ3n) is 4.40. The van der Waals surface area contributed by atoms with Gasteiger partial charge >= 0.3 is 0 Å². The van der Waals surface area contributed by atoms with Gasteiger partial charge in [-0.15, -0.1) is 0 Å². The molecule has 0 radical (unpaired) electrons. The monoisotopic (exact) mass is 441 g/mol. The maximum Gasteiger partial charge on any atom is 0.255 e. The van der Waals surface area contributed by atoms with E-state index in [-0.39, 0.29) is 5.91 Å². The molecule has 0 saturated carbocycles. The first-order chi connectivity index (χ1) is 11.9. The second kappa shape index (κ2) is 7.48. The Balaban J connectivity index is 1.72. The van der Waals surface area contributed by atoms with Crippen molar-refractivity contribution in [3.8, 4) is 0 Å². The number of halogens is 2. The van der Waals surface area contributed by atoms with Crippen LogP contribution in [0.4, 0.5) is 0 Å². The standard InChI is InChI=1S/C18H17BrClNO3S/c19-13-6-7-17(20)16(12-13)18(22)21-10-8-15(9-11-21)25(23,24)14-4-2-1-3-5-14/h1-7,12,15H,8-11H2. The number of likely N-dealkylation sites (tertiary alicyclic amines) is 1. The van der Waals surface area contributed by atoms with Crippen molar-refractivity contribution < 1.29 is 13.2 Å². The molecule has 0 aromatic heterocycles. The molecule has 1 aliphatic rings. The molecule has 2 aromatic rings. The Hall–Kier alpha value is -1.37. The maximum atomic E-state index is 12.7. The van der Waals surface area contributed by atoms with Crippen LogP contribution >= 0.6 is 27.5 Å². The van der Waals surface area contributed by atoms with Gasteiger partial charge in [-0.1, -0.05) is 45.7 Å². The summed E-state index contributed by atoms with van der Waals surface area (Å²) in [5.74, 6) is -0.165. The molecule has 0 unspecified atom stereocenters. The molecule has 0 spiro atoms. The van der Waals surface area contributed by atoms with Gasteiger partial charge in [-0.2, -0.15) is 0 Å². The lowest BCUT2D eigenvalue weighted by Crippen LogP contribution is -2.42. The minimum Gasteiger partial charge on any atom is -0.339 e. The second-order valence-corrected chi connectivity index (χ2v) is 9.52. The molecule has 132 valence electrons. The number of benzene rings is 2. The molecule has 0 bridgehead atoms. The molecule has 2 aromatic carbocycles. The van der Waals surface area contributed by atoms with Crippen LogP contribution in [0.2, 0.25) is 5.02 Å². The number of nitrogens with zero attached hydrogens (tertiary/aromatic N) is 1.